The molecule has 2 nitrogen and oxygen atoms in total. The van der Waals surface area contributed by atoms with Crippen molar-refractivity contribution < 1.29 is 9.47 Å². The molecular weight excluding hydrogens is 291 g/mol. The van der Waals surface area contributed by atoms with Crippen molar-refractivity contribution in [3.05, 3.63) is 23.7 Å². The summed E-state index contributed by atoms with van der Waals surface area (Å²) in [6.07, 6.45) is 10.3. The second-order valence-electron chi connectivity index (χ2n) is 5.31. The van der Waals surface area contributed by atoms with Gasteiger partial charge in [0.1, 0.15) is 0 Å². The summed E-state index contributed by atoms with van der Waals surface area (Å²) in [5.41, 5.74) is -0.239. The van der Waals surface area contributed by atoms with Crippen molar-refractivity contribution in [3.8, 4) is 12.3 Å². The SMILES string of the molecule is C#CCOC1=CC(C)C2CC(=[Se])C(C)(C)OC2=C1. The van der Waals surface area contributed by atoms with Crippen LogP contribution in [0.25, 0.3) is 0 Å². The first-order chi connectivity index (χ1) is 8.44. The summed E-state index contributed by atoms with van der Waals surface area (Å²) in [5.74, 6) is 5.13. The summed E-state index contributed by atoms with van der Waals surface area (Å²) in [4.78, 5) is 0. The molecule has 1 fully saturated rings. The molecule has 0 amide bonds. The maximum absolute atomic E-state index is 6.09. The Bertz CT molecular complexity index is 465. The number of rotatable bonds is 2. The quantitative estimate of drug-likeness (QED) is 0.575. The van der Waals surface area contributed by atoms with Gasteiger partial charge in [0.2, 0.25) is 0 Å². The Labute approximate surface area is 117 Å². The van der Waals surface area contributed by atoms with Crippen LogP contribution in [0.2, 0.25) is 0 Å². The number of terminal acetylenes is 1. The van der Waals surface area contributed by atoms with E-state index in [9.17, 15) is 0 Å². The molecule has 2 unspecified atom stereocenters. The minimum absolute atomic E-state index is 0.239. The predicted octanol–water partition coefficient (Wildman–Crippen LogP) is 2.21. The molecule has 0 saturated carbocycles. The molecule has 2 atom stereocenters. The number of hydrogen-bond donors (Lipinski definition) is 0. The topological polar surface area (TPSA) is 18.5 Å². The van der Waals surface area contributed by atoms with Crippen molar-refractivity contribution in [2.75, 3.05) is 6.61 Å². The Hall–Kier alpha value is -0.971. The van der Waals surface area contributed by atoms with Crippen LogP contribution in [-0.2, 0) is 9.47 Å². The second kappa shape index (κ2) is 4.96. The number of fused-ring (bicyclic) bond motifs is 1. The van der Waals surface area contributed by atoms with Gasteiger partial charge in [0.05, 0.1) is 0 Å². The summed E-state index contributed by atoms with van der Waals surface area (Å²) in [7, 11) is 0. The first-order valence-electron chi connectivity index (χ1n) is 6.16. The number of allylic oxidation sites excluding steroid dienone is 3. The van der Waals surface area contributed by atoms with Gasteiger partial charge in [-0.3, -0.25) is 0 Å². The second-order valence-corrected chi connectivity index (χ2v) is 6.35. The standard InChI is InChI=1S/C15H18O2Se/c1-5-6-16-11-7-10(2)12-9-14(18)15(3,4)17-13(12)8-11/h1,7-8,10,12H,6,9H2,2-4H3. The maximum atomic E-state index is 6.09. The predicted molar refractivity (Wildman–Crippen MR) is 74.1 cm³/mol. The van der Waals surface area contributed by atoms with Crippen LogP contribution in [-0.4, -0.2) is 32.2 Å². The van der Waals surface area contributed by atoms with Crippen LogP contribution in [0.5, 0.6) is 0 Å². The van der Waals surface area contributed by atoms with Gasteiger partial charge in [0, 0.05) is 0 Å². The molecule has 1 heterocycles. The van der Waals surface area contributed by atoms with Crippen LogP contribution < -0.4 is 0 Å². The summed E-state index contributed by atoms with van der Waals surface area (Å²) >= 11 is 3.15. The van der Waals surface area contributed by atoms with Crippen molar-refractivity contribution in [2.45, 2.75) is 32.8 Å². The van der Waals surface area contributed by atoms with Crippen molar-refractivity contribution in [1.29, 1.82) is 0 Å². The van der Waals surface area contributed by atoms with E-state index in [0.29, 0.717) is 18.4 Å². The zero-order chi connectivity index (χ0) is 13.3. The van der Waals surface area contributed by atoms with Crippen LogP contribution in [0.3, 0.4) is 0 Å². The molecule has 2 rings (SSSR count). The van der Waals surface area contributed by atoms with E-state index in [1.54, 1.807) is 0 Å². The van der Waals surface area contributed by atoms with E-state index >= 15 is 0 Å². The summed E-state index contributed by atoms with van der Waals surface area (Å²) in [6, 6.07) is 0. The molecule has 1 aliphatic carbocycles. The van der Waals surface area contributed by atoms with Crippen LogP contribution in [0, 0.1) is 24.2 Å². The molecule has 0 bridgehead atoms. The van der Waals surface area contributed by atoms with Gasteiger partial charge < -0.3 is 0 Å². The third-order valence-corrected chi connectivity index (χ3v) is 4.86. The molecule has 0 radical (unpaired) electrons. The van der Waals surface area contributed by atoms with Gasteiger partial charge in [0.25, 0.3) is 0 Å². The van der Waals surface area contributed by atoms with Gasteiger partial charge in [-0.25, -0.2) is 0 Å². The van der Waals surface area contributed by atoms with Crippen LogP contribution in [0.15, 0.2) is 23.7 Å². The molecule has 0 aromatic carbocycles. The van der Waals surface area contributed by atoms with E-state index in [1.807, 2.05) is 6.08 Å². The van der Waals surface area contributed by atoms with Crippen molar-refractivity contribution >= 4 is 20.0 Å². The van der Waals surface area contributed by atoms with Crippen molar-refractivity contribution in [2.24, 2.45) is 11.8 Å². The van der Waals surface area contributed by atoms with Crippen LogP contribution >= 0.6 is 0 Å². The van der Waals surface area contributed by atoms with Crippen molar-refractivity contribution in [1.82, 2.24) is 0 Å². The summed E-state index contributed by atoms with van der Waals surface area (Å²) in [6.45, 7) is 6.66. The molecule has 0 aromatic rings. The van der Waals surface area contributed by atoms with E-state index in [2.05, 4.69) is 48.3 Å². The molecule has 2 aliphatic rings. The fourth-order valence-electron chi connectivity index (χ4n) is 2.33. The van der Waals surface area contributed by atoms with E-state index in [-0.39, 0.29) is 5.60 Å². The van der Waals surface area contributed by atoms with Gasteiger partial charge >= 0.3 is 117 Å². The van der Waals surface area contributed by atoms with Gasteiger partial charge in [0.15, 0.2) is 0 Å². The number of hydrogen-bond acceptors (Lipinski definition) is 2. The van der Waals surface area contributed by atoms with Gasteiger partial charge in [-0.05, 0) is 0 Å². The van der Waals surface area contributed by atoms with E-state index in [1.165, 1.54) is 4.42 Å². The molecule has 18 heavy (non-hydrogen) atoms. The third-order valence-electron chi connectivity index (χ3n) is 3.48. The molecule has 0 N–H and O–H groups in total. The average Bonchev–Trinajstić information content (AvgIpc) is 2.28. The molecular formula is C15H18O2Se. The van der Waals surface area contributed by atoms with Crippen molar-refractivity contribution in [3.63, 3.8) is 0 Å². The van der Waals surface area contributed by atoms with Gasteiger partial charge in [-0.1, -0.05) is 0 Å². The zero-order valence-corrected chi connectivity index (χ0v) is 12.7. The van der Waals surface area contributed by atoms with Gasteiger partial charge in [-0.2, -0.15) is 0 Å². The van der Waals surface area contributed by atoms with E-state index < -0.39 is 0 Å². The Balaban J connectivity index is 2.22. The molecule has 0 aromatic heterocycles. The van der Waals surface area contributed by atoms with Gasteiger partial charge in [-0.15, -0.1) is 0 Å². The first-order valence-corrected chi connectivity index (χ1v) is 7.01. The van der Waals surface area contributed by atoms with E-state index in [4.69, 9.17) is 15.9 Å². The van der Waals surface area contributed by atoms with E-state index in [0.717, 1.165) is 17.9 Å². The Morgan fingerprint density at radius 2 is 2.33 bits per heavy atom. The molecule has 1 aliphatic heterocycles. The molecule has 3 heteroatoms. The Morgan fingerprint density at radius 1 is 1.61 bits per heavy atom. The monoisotopic (exact) mass is 310 g/mol. The first kappa shape index (κ1) is 13.5. The van der Waals surface area contributed by atoms with Crippen LogP contribution in [0.1, 0.15) is 27.2 Å². The molecule has 0 spiro atoms. The minimum atomic E-state index is -0.239. The fourth-order valence-corrected chi connectivity index (χ4v) is 2.80. The fraction of sp³-hybridized carbons (Fsp3) is 0.533. The molecule has 96 valence electrons. The number of ether oxygens (including phenoxy) is 2. The third kappa shape index (κ3) is 2.55. The molecule has 1 saturated heterocycles. The normalized spacial score (nSPS) is 29.3. The average molecular weight is 309 g/mol. The summed E-state index contributed by atoms with van der Waals surface area (Å²) in [5, 5.41) is 0. The summed E-state index contributed by atoms with van der Waals surface area (Å²) < 4.78 is 12.9. The zero-order valence-electron chi connectivity index (χ0n) is 11.0. The Morgan fingerprint density at radius 3 is 3.00 bits per heavy atom. The van der Waals surface area contributed by atoms with Crippen LogP contribution in [0.4, 0.5) is 0 Å². The Kier molecular flexibility index (Phi) is 3.71.